The molecule has 0 fully saturated rings. The van der Waals surface area contributed by atoms with Crippen LogP contribution in [0.15, 0.2) is 58.4 Å². The van der Waals surface area contributed by atoms with E-state index in [9.17, 15) is 4.79 Å². The lowest BCUT2D eigenvalue weighted by Gasteiger charge is -2.35. The third-order valence-electron chi connectivity index (χ3n) is 5.55. The number of hydrogen-bond acceptors (Lipinski definition) is 7. The Morgan fingerprint density at radius 1 is 1.16 bits per heavy atom. The van der Waals surface area contributed by atoms with Crippen LogP contribution in [-0.2, 0) is 11.2 Å². The lowest BCUT2D eigenvalue weighted by atomic mass is 9.98. The van der Waals surface area contributed by atoms with Gasteiger partial charge in [0.15, 0.2) is 5.16 Å². The zero-order valence-corrected chi connectivity index (χ0v) is 20.2. The highest BCUT2D eigenvalue weighted by Gasteiger charge is 2.33. The van der Waals surface area contributed by atoms with Crippen molar-refractivity contribution >= 4 is 40.3 Å². The molecule has 1 aromatic carbocycles. The second-order valence-electron chi connectivity index (χ2n) is 7.41. The molecular weight excluding hydrogens is 460 g/mol. The van der Waals surface area contributed by atoms with Crippen molar-refractivity contribution in [2.24, 2.45) is 0 Å². The summed E-state index contributed by atoms with van der Waals surface area (Å²) in [6.45, 7) is 2.65. The fourth-order valence-electron chi connectivity index (χ4n) is 4.01. The molecule has 0 spiro atoms. The Bertz CT molecular complexity index is 1210. The molecule has 32 heavy (non-hydrogen) atoms. The average molecular weight is 483 g/mol. The quantitative estimate of drug-likeness (QED) is 0.363. The summed E-state index contributed by atoms with van der Waals surface area (Å²) in [4.78, 5) is 18.0. The van der Waals surface area contributed by atoms with Gasteiger partial charge in [-0.3, -0.25) is 9.36 Å². The Labute approximate surface area is 198 Å². The van der Waals surface area contributed by atoms with E-state index in [4.69, 9.17) is 4.74 Å². The normalized spacial score (nSPS) is 15.6. The van der Waals surface area contributed by atoms with E-state index in [0.29, 0.717) is 10.9 Å². The summed E-state index contributed by atoms with van der Waals surface area (Å²) in [6.07, 6.45) is 0.909. The Hall–Kier alpha value is -2.62. The van der Waals surface area contributed by atoms with Crippen LogP contribution in [0.5, 0.6) is 5.75 Å². The third-order valence-corrected chi connectivity index (χ3v) is 8.38. The van der Waals surface area contributed by atoms with Crippen LogP contribution in [0.4, 0.5) is 0 Å². The molecule has 1 aliphatic rings. The maximum absolute atomic E-state index is 13.4. The minimum absolute atomic E-state index is 0.000654. The van der Waals surface area contributed by atoms with Gasteiger partial charge in [-0.15, -0.1) is 32.9 Å². The molecule has 1 unspecified atom stereocenters. The predicted molar refractivity (Wildman–Crippen MR) is 129 cm³/mol. The Kier molecular flexibility index (Phi) is 6.03. The van der Waals surface area contributed by atoms with Gasteiger partial charge in [0, 0.05) is 22.0 Å². The van der Waals surface area contributed by atoms with Crippen LogP contribution in [0.1, 0.15) is 27.2 Å². The molecule has 3 aromatic heterocycles. The van der Waals surface area contributed by atoms with Crippen molar-refractivity contribution in [3.63, 3.8) is 0 Å². The largest absolute Gasteiger partial charge is 0.497 e. The highest BCUT2D eigenvalue weighted by Crippen LogP contribution is 2.40. The number of benzene rings is 1. The molecule has 0 aliphatic carbocycles. The van der Waals surface area contributed by atoms with Crippen LogP contribution in [0.3, 0.4) is 0 Å². The summed E-state index contributed by atoms with van der Waals surface area (Å²) in [5, 5.41) is 13.5. The van der Waals surface area contributed by atoms with E-state index in [1.54, 1.807) is 29.8 Å². The summed E-state index contributed by atoms with van der Waals surface area (Å²) >= 11 is 4.92. The zero-order valence-electron chi connectivity index (χ0n) is 17.7. The van der Waals surface area contributed by atoms with Gasteiger partial charge in [0.1, 0.15) is 11.6 Å². The van der Waals surface area contributed by atoms with Gasteiger partial charge in [-0.05, 0) is 66.1 Å². The van der Waals surface area contributed by atoms with E-state index >= 15 is 0 Å². The maximum Gasteiger partial charge on any atom is 0.233 e. The average Bonchev–Trinajstić information content (AvgIpc) is 3.58. The van der Waals surface area contributed by atoms with Gasteiger partial charge in [-0.25, -0.2) is 0 Å². The molecule has 1 atom stereocenters. The van der Waals surface area contributed by atoms with Gasteiger partial charge in [0.05, 0.1) is 18.9 Å². The predicted octanol–water partition coefficient (Wildman–Crippen LogP) is 4.97. The molecule has 0 saturated carbocycles. The highest BCUT2D eigenvalue weighted by atomic mass is 32.2. The number of aryl methyl sites for hydroxylation is 1. The van der Waals surface area contributed by atoms with E-state index in [2.05, 4.69) is 39.2 Å². The fraction of sp³-hybridized carbons (Fsp3) is 0.261. The molecule has 0 radical (unpaired) electrons. The molecule has 0 N–H and O–H groups in total. The molecule has 6 nitrogen and oxygen atoms in total. The van der Waals surface area contributed by atoms with Gasteiger partial charge in [-0.2, -0.15) is 0 Å². The van der Waals surface area contributed by atoms with Crippen LogP contribution < -0.4 is 4.74 Å². The smallest absolute Gasteiger partial charge is 0.233 e. The second-order valence-corrected chi connectivity index (χ2v) is 10.3. The second kappa shape index (κ2) is 9.09. The number of ether oxygens (including phenoxy) is 1. The van der Waals surface area contributed by atoms with Gasteiger partial charge in [0.25, 0.3) is 0 Å². The Morgan fingerprint density at radius 3 is 2.75 bits per heavy atom. The lowest BCUT2D eigenvalue weighted by molar-refractivity contribution is -0.130. The zero-order chi connectivity index (χ0) is 22.1. The lowest BCUT2D eigenvalue weighted by Crippen LogP contribution is -2.40. The first kappa shape index (κ1) is 21.2. The molecule has 1 aliphatic heterocycles. The number of thiophene rings is 2. The highest BCUT2D eigenvalue weighted by molar-refractivity contribution is 7.99. The van der Waals surface area contributed by atoms with Crippen molar-refractivity contribution in [1.82, 2.24) is 19.7 Å². The number of fused-ring (bicyclic) bond motifs is 1. The van der Waals surface area contributed by atoms with E-state index in [-0.39, 0.29) is 11.9 Å². The van der Waals surface area contributed by atoms with Crippen molar-refractivity contribution in [2.45, 2.75) is 24.5 Å². The molecule has 1 amide bonds. The van der Waals surface area contributed by atoms with Crippen LogP contribution in [-0.4, -0.2) is 45.0 Å². The minimum atomic E-state index is -0.000654. The van der Waals surface area contributed by atoms with Crippen LogP contribution >= 0.6 is 34.4 Å². The number of rotatable bonds is 6. The summed E-state index contributed by atoms with van der Waals surface area (Å²) < 4.78 is 7.23. The summed E-state index contributed by atoms with van der Waals surface area (Å²) in [6, 6.07) is 14.1. The molecule has 0 saturated heterocycles. The van der Waals surface area contributed by atoms with Gasteiger partial charge in [0.2, 0.25) is 5.91 Å². The first-order valence-electron chi connectivity index (χ1n) is 10.2. The Balaban J connectivity index is 1.36. The van der Waals surface area contributed by atoms with Crippen LogP contribution in [0, 0.1) is 6.92 Å². The Morgan fingerprint density at radius 2 is 2.00 bits per heavy atom. The number of hydrogen-bond donors (Lipinski definition) is 0. The van der Waals surface area contributed by atoms with Crippen molar-refractivity contribution < 1.29 is 9.53 Å². The molecule has 0 bridgehead atoms. The molecule has 164 valence electrons. The minimum Gasteiger partial charge on any atom is -0.497 e. The van der Waals surface area contributed by atoms with E-state index in [1.165, 1.54) is 27.1 Å². The molecule has 9 heteroatoms. The van der Waals surface area contributed by atoms with E-state index in [0.717, 1.165) is 30.2 Å². The molecule has 4 aromatic rings. The molecular formula is C23H22N4O2S3. The first-order chi connectivity index (χ1) is 15.7. The van der Waals surface area contributed by atoms with Gasteiger partial charge >= 0.3 is 0 Å². The van der Waals surface area contributed by atoms with Crippen LogP contribution in [0.2, 0.25) is 0 Å². The van der Waals surface area contributed by atoms with Gasteiger partial charge in [-0.1, -0.05) is 17.8 Å². The first-order valence-corrected chi connectivity index (χ1v) is 13.0. The number of nitrogens with zero attached hydrogens (tertiary/aromatic N) is 4. The van der Waals surface area contributed by atoms with E-state index in [1.807, 2.05) is 40.7 Å². The standard InChI is InChI=1S/C23H22N4O2S3/c1-15-24-25-23(27(15)16-5-7-17(29-2)8-6-16)32-14-21(28)26-11-9-19-18(10-13-31-19)22(26)20-4-3-12-30-20/h3-8,10,12-13,22H,9,11,14H2,1-2H3. The maximum atomic E-state index is 13.4. The van der Waals surface area contributed by atoms with Crippen molar-refractivity contribution in [1.29, 1.82) is 0 Å². The summed E-state index contributed by atoms with van der Waals surface area (Å²) in [5.74, 6) is 2.01. The monoisotopic (exact) mass is 482 g/mol. The number of carbonyl (C=O) groups excluding carboxylic acids is 1. The SMILES string of the molecule is COc1ccc(-n2c(C)nnc2SCC(=O)N2CCc3sccc3C2c2cccs2)cc1. The van der Waals surface area contributed by atoms with E-state index < -0.39 is 0 Å². The van der Waals surface area contributed by atoms with Crippen molar-refractivity contribution in [3.05, 3.63) is 74.4 Å². The number of thioether (sulfide) groups is 1. The fourth-order valence-corrected chi connectivity index (χ4v) is 6.65. The molecule has 4 heterocycles. The number of methoxy groups -OCH3 is 1. The third kappa shape index (κ3) is 3.96. The van der Waals surface area contributed by atoms with Crippen molar-refractivity contribution in [3.8, 4) is 11.4 Å². The van der Waals surface area contributed by atoms with Gasteiger partial charge < -0.3 is 9.64 Å². The summed E-state index contributed by atoms with van der Waals surface area (Å²) in [5.41, 5.74) is 2.21. The van der Waals surface area contributed by atoms with Crippen LogP contribution in [0.25, 0.3) is 5.69 Å². The summed E-state index contributed by atoms with van der Waals surface area (Å²) in [7, 11) is 1.65. The number of amides is 1. The molecule has 5 rings (SSSR count). The number of aromatic nitrogens is 3. The topological polar surface area (TPSA) is 60.2 Å². The number of carbonyl (C=O) groups is 1. The van der Waals surface area contributed by atoms with Crippen molar-refractivity contribution in [2.75, 3.05) is 19.4 Å².